The Bertz CT molecular complexity index is 880. The highest BCUT2D eigenvalue weighted by Gasteiger charge is 2.11. The van der Waals surface area contributed by atoms with Crippen LogP contribution in [-0.2, 0) is 0 Å². The Morgan fingerprint density at radius 2 is 1.80 bits per heavy atom. The summed E-state index contributed by atoms with van der Waals surface area (Å²) in [5, 5.41) is 4.03. The number of amides is 1. The summed E-state index contributed by atoms with van der Waals surface area (Å²) >= 11 is 0. The second-order valence-corrected chi connectivity index (χ2v) is 6.15. The molecule has 0 fully saturated rings. The van der Waals surface area contributed by atoms with Crippen LogP contribution in [0.5, 0.6) is 23.0 Å². The van der Waals surface area contributed by atoms with E-state index in [1.807, 2.05) is 26.0 Å². The Kier molecular flexibility index (Phi) is 9.24. The molecule has 0 bridgehead atoms. The number of rotatable bonds is 12. The summed E-state index contributed by atoms with van der Waals surface area (Å²) in [5.41, 5.74) is 3.68. The standard InChI is InChI=1S/C23H28N2O5/c1-5-12-29-19-10-8-17(14-21(19)27-4)16-24-25-23(26)18-9-11-20(30-13-6-2)22(15-18)28-7-3/h6,8-11,14-16H,2,5,7,12-13H2,1,3-4H3,(H,25,26)/b24-16+. The van der Waals surface area contributed by atoms with E-state index in [9.17, 15) is 4.79 Å². The molecule has 0 aliphatic heterocycles. The number of hydrogen-bond acceptors (Lipinski definition) is 6. The van der Waals surface area contributed by atoms with Gasteiger partial charge in [0.2, 0.25) is 0 Å². The Hall–Kier alpha value is -3.48. The van der Waals surface area contributed by atoms with Crippen LogP contribution in [0.25, 0.3) is 0 Å². The number of ether oxygens (including phenoxy) is 4. The molecular weight excluding hydrogens is 384 g/mol. The second kappa shape index (κ2) is 12.2. The van der Waals surface area contributed by atoms with Gasteiger partial charge in [-0.1, -0.05) is 19.6 Å². The normalized spacial score (nSPS) is 10.5. The van der Waals surface area contributed by atoms with Crippen molar-refractivity contribution in [3.05, 3.63) is 60.2 Å². The van der Waals surface area contributed by atoms with Crippen LogP contribution in [0.2, 0.25) is 0 Å². The molecule has 0 heterocycles. The van der Waals surface area contributed by atoms with Gasteiger partial charge in [-0.3, -0.25) is 4.79 Å². The van der Waals surface area contributed by atoms with Gasteiger partial charge in [-0.05, 0) is 55.3 Å². The van der Waals surface area contributed by atoms with Crippen molar-refractivity contribution in [2.45, 2.75) is 20.3 Å². The van der Waals surface area contributed by atoms with E-state index in [0.29, 0.717) is 48.4 Å². The van der Waals surface area contributed by atoms with Crippen LogP contribution in [0.4, 0.5) is 0 Å². The first-order valence-corrected chi connectivity index (χ1v) is 9.77. The van der Waals surface area contributed by atoms with Crippen molar-refractivity contribution in [1.29, 1.82) is 0 Å². The topological polar surface area (TPSA) is 78.4 Å². The Labute approximate surface area is 177 Å². The zero-order valence-electron chi connectivity index (χ0n) is 17.6. The Morgan fingerprint density at radius 3 is 2.50 bits per heavy atom. The highest BCUT2D eigenvalue weighted by molar-refractivity contribution is 5.95. The summed E-state index contributed by atoms with van der Waals surface area (Å²) in [7, 11) is 1.58. The molecule has 0 aromatic heterocycles. The van der Waals surface area contributed by atoms with Gasteiger partial charge < -0.3 is 18.9 Å². The molecule has 0 unspecified atom stereocenters. The summed E-state index contributed by atoms with van der Waals surface area (Å²) in [5.74, 6) is 1.95. The van der Waals surface area contributed by atoms with Crippen molar-refractivity contribution in [2.75, 3.05) is 26.9 Å². The molecular formula is C23H28N2O5. The van der Waals surface area contributed by atoms with Crippen molar-refractivity contribution in [3.8, 4) is 23.0 Å². The lowest BCUT2D eigenvalue weighted by molar-refractivity contribution is 0.0954. The number of benzene rings is 2. The fourth-order valence-corrected chi connectivity index (χ4v) is 2.51. The van der Waals surface area contributed by atoms with Crippen LogP contribution < -0.4 is 24.4 Å². The maximum Gasteiger partial charge on any atom is 0.271 e. The lowest BCUT2D eigenvalue weighted by atomic mass is 10.2. The summed E-state index contributed by atoms with van der Waals surface area (Å²) in [6.07, 6.45) is 4.09. The van der Waals surface area contributed by atoms with Crippen LogP contribution in [0.3, 0.4) is 0 Å². The smallest absolute Gasteiger partial charge is 0.271 e. The van der Waals surface area contributed by atoms with E-state index in [2.05, 4.69) is 17.1 Å². The van der Waals surface area contributed by atoms with Crippen molar-refractivity contribution in [1.82, 2.24) is 5.43 Å². The van der Waals surface area contributed by atoms with E-state index in [1.54, 1.807) is 37.5 Å². The number of nitrogens with one attached hydrogen (secondary N) is 1. The van der Waals surface area contributed by atoms with Gasteiger partial charge in [0, 0.05) is 5.56 Å². The first-order chi connectivity index (χ1) is 14.6. The van der Waals surface area contributed by atoms with E-state index in [0.717, 1.165) is 12.0 Å². The van der Waals surface area contributed by atoms with E-state index < -0.39 is 0 Å². The Balaban J connectivity index is 2.06. The van der Waals surface area contributed by atoms with Gasteiger partial charge in [-0.2, -0.15) is 5.10 Å². The molecule has 0 spiro atoms. The van der Waals surface area contributed by atoms with Gasteiger partial charge in [-0.25, -0.2) is 5.43 Å². The fraction of sp³-hybridized carbons (Fsp3) is 0.304. The molecule has 30 heavy (non-hydrogen) atoms. The van der Waals surface area contributed by atoms with Gasteiger partial charge in [0.15, 0.2) is 23.0 Å². The monoisotopic (exact) mass is 412 g/mol. The quantitative estimate of drug-likeness (QED) is 0.321. The Morgan fingerprint density at radius 1 is 1.03 bits per heavy atom. The van der Waals surface area contributed by atoms with Gasteiger partial charge >= 0.3 is 0 Å². The molecule has 0 aliphatic rings. The van der Waals surface area contributed by atoms with Crippen molar-refractivity contribution in [2.24, 2.45) is 5.10 Å². The third kappa shape index (κ3) is 6.55. The molecule has 0 saturated heterocycles. The predicted octanol–water partition coefficient (Wildman–Crippen LogP) is 4.21. The number of carbonyl (C=O) groups excluding carboxylic acids is 1. The minimum absolute atomic E-state index is 0.349. The largest absolute Gasteiger partial charge is 0.493 e. The molecule has 7 heteroatoms. The first-order valence-electron chi connectivity index (χ1n) is 9.77. The summed E-state index contributed by atoms with van der Waals surface area (Å²) < 4.78 is 22.1. The summed E-state index contributed by atoms with van der Waals surface area (Å²) in [6.45, 7) is 8.94. The zero-order chi connectivity index (χ0) is 21.8. The van der Waals surface area contributed by atoms with E-state index in [4.69, 9.17) is 18.9 Å². The van der Waals surface area contributed by atoms with E-state index in [1.165, 1.54) is 6.21 Å². The minimum atomic E-state index is -0.364. The lowest BCUT2D eigenvalue weighted by Gasteiger charge is -2.12. The molecule has 0 atom stereocenters. The molecule has 2 aromatic rings. The maximum atomic E-state index is 12.4. The van der Waals surface area contributed by atoms with Crippen molar-refractivity contribution in [3.63, 3.8) is 0 Å². The highest BCUT2D eigenvalue weighted by atomic mass is 16.5. The van der Waals surface area contributed by atoms with Gasteiger partial charge in [0.25, 0.3) is 5.91 Å². The molecule has 2 aromatic carbocycles. The molecule has 0 saturated carbocycles. The number of methoxy groups -OCH3 is 1. The number of nitrogens with zero attached hydrogens (tertiary/aromatic N) is 1. The summed E-state index contributed by atoms with van der Waals surface area (Å²) in [6, 6.07) is 10.4. The predicted molar refractivity (Wildman–Crippen MR) is 117 cm³/mol. The minimum Gasteiger partial charge on any atom is -0.493 e. The molecule has 0 aliphatic carbocycles. The molecule has 7 nitrogen and oxygen atoms in total. The first kappa shape index (κ1) is 22.8. The highest BCUT2D eigenvalue weighted by Crippen LogP contribution is 2.29. The number of hydrogen-bond donors (Lipinski definition) is 1. The average Bonchev–Trinajstić information content (AvgIpc) is 2.77. The van der Waals surface area contributed by atoms with Crippen LogP contribution in [0.1, 0.15) is 36.2 Å². The van der Waals surface area contributed by atoms with Crippen molar-refractivity contribution < 1.29 is 23.7 Å². The second-order valence-electron chi connectivity index (χ2n) is 6.15. The maximum absolute atomic E-state index is 12.4. The molecule has 1 amide bonds. The van der Waals surface area contributed by atoms with Gasteiger partial charge in [0.1, 0.15) is 6.61 Å². The summed E-state index contributed by atoms with van der Waals surface area (Å²) in [4.78, 5) is 12.4. The molecule has 2 rings (SSSR count). The third-order valence-corrected chi connectivity index (χ3v) is 3.89. The van der Waals surface area contributed by atoms with E-state index >= 15 is 0 Å². The van der Waals surface area contributed by atoms with Gasteiger partial charge in [0.05, 0.1) is 26.5 Å². The number of hydrazone groups is 1. The molecule has 160 valence electrons. The van der Waals surface area contributed by atoms with E-state index in [-0.39, 0.29) is 5.91 Å². The fourth-order valence-electron chi connectivity index (χ4n) is 2.51. The van der Waals surface area contributed by atoms with Crippen molar-refractivity contribution >= 4 is 12.1 Å². The van der Waals surface area contributed by atoms with Crippen LogP contribution in [0, 0.1) is 0 Å². The SMILES string of the molecule is C=CCOc1ccc(C(=O)N/N=C/c2ccc(OCCC)c(OC)c2)cc1OCC. The van der Waals surface area contributed by atoms with Gasteiger partial charge in [-0.15, -0.1) is 0 Å². The molecule has 0 radical (unpaired) electrons. The van der Waals surface area contributed by atoms with Crippen LogP contribution in [-0.4, -0.2) is 39.1 Å². The third-order valence-electron chi connectivity index (χ3n) is 3.89. The van der Waals surface area contributed by atoms with Crippen LogP contribution >= 0.6 is 0 Å². The average molecular weight is 412 g/mol. The van der Waals surface area contributed by atoms with Crippen LogP contribution in [0.15, 0.2) is 54.2 Å². The number of carbonyl (C=O) groups is 1. The molecule has 1 N–H and O–H groups in total. The zero-order valence-corrected chi connectivity index (χ0v) is 17.6. The lowest BCUT2D eigenvalue weighted by Crippen LogP contribution is -2.17.